The molecule has 0 heterocycles. The lowest BCUT2D eigenvalue weighted by Crippen LogP contribution is -2.36. The van der Waals surface area contributed by atoms with E-state index in [1.54, 1.807) is 0 Å². The van der Waals surface area contributed by atoms with E-state index in [0.717, 1.165) is 19.4 Å². The molecule has 2 heteroatoms. The number of hydrogen-bond donors (Lipinski definition) is 2. The van der Waals surface area contributed by atoms with E-state index in [-0.39, 0.29) is 6.10 Å². The van der Waals surface area contributed by atoms with Crippen LogP contribution in [0.25, 0.3) is 0 Å². The molecule has 2 atom stereocenters. The average Bonchev–Trinajstić information content (AvgIpc) is 2.28. The number of aliphatic hydroxyl groups is 1. The maximum atomic E-state index is 9.54. The highest BCUT2D eigenvalue weighted by Crippen LogP contribution is 2.18. The lowest BCUT2D eigenvalue weighted by atomic mass is 9.93. The minimum absolute atomic E-state index is 0.0456. The van der Waals surface area contributed by atoms with Crippen LogP contribution in [-0.4, -0.2) is 23.8 Å². The molecule has 0 aromatic carbocycles. The van der Waals surface area contributed by atoms with Crippen LogP contribution in [0.1, 0.15) is 71.1 Å². The van der Waals surface area contributed by atoms with Crippen LogP contribution in [0.5, 0.6) is 0 Å². The van der Waals surface area contributed by atoms with Crippen molar-refractivity contribution >= 4 is 0 Å². The van der Waals surface area contributed by atoms with E-state index in [4.69, 9.17) is 0 Å². The monoisotopic (exact) mass is 227 g/mol. The molecule has 2 unspecified atom stereocenters. The zero-order valence-corrected chi connectivity index (χ0v) is 10.9. The molecule has 0 spiro atoms. The lowest BCUT2D eigenvalue weighted by molar-refractivity contribution is 0.112. The van der Waals surface area contributed by atoms with Crippen LogP contribution in [0, 0.1) is 0 Å². The number of hydrogen-bond acceptors (Lipinski definition) is 2. The van der Waals surface area contributed by atoms with Crippen molar-refractivity contribution in [3.63, 3.8) is 0 Å². The molecule has 1 saturated carbocycles. The van der Waals surface area contributed by atoms with E-state index >= 15 is 0 Å². The fourth-order valence-electron chi connectivity index (χ4n) is 2.56. The Morgan fingerprint density at radius 2 is 1.81 bits per heavy atom. The van der Waals surface area contributed by atoms with Crippen molar-refractivity contribution in [2.75, 3.05) is 6.54 Å². The average molecular weight is 227 g/mol. The number of nitrogens with one attached hydrogen (secondary N) is 1. The first-order valence-corrected chi connectivity index (χ1v) is 7.24. The Bertz CT molecular complexity index is 161. The molecule has 1 aliphatic carbocycles. The van der Waals surface area contributed by atoms with Crippen LogP contribution >= 0.6 is 0 Å². The first kappa shape index (κ1) is 14.0. The predicted octanol–water partition coefficient (Wildman–Crippen LogP) is 3.24. The van der Waals surface area contributed by atoms with E-state index in [1.165, 1.54) is 51.4 Å². The van der Waals surface area contributed by atoms with Crippen molar-refractivity contribution in [3.05, 3.63) is 0 Å². The molecule has 0 bridgehead atoms. The smallest absolute Gasteiger partial charge is 0.0555 e. The van der Waals surface area contributed by atoms with Gasteiger partial charge in [-0.1, -0.05) is 39.0 Å². The second-order valence-electron chi connectivity index (χ2n) is 5.24. The van der Waals surface area contributed by atoms with Crippen molar-refractivity contribution in [3.8, 4) is 0 Å². The molecule has 1 fully saturated rings. The minimum Gasteiger partial charge on any atom is -0.393 e. The topological polar surface area (TPSA) is 32.3 Å². The molecule has 0 aromatic heterocycles. The Balaban J connectivity index is 1.86. The van der Waals surface area contributed by atoms with Gasteiger partial charge in [-0.25, -0.2) is 0 Å². The van der Waals surface area contributed by atoms with Crippen molar-refractivity contribution in [2.24, 2.45) is 0 Å². The van der Waals surface area contributed by atoms with Crippen molar-refractivity contribution in [1.29, 1.82) is 0 Å². The zero-order chi connectivity index (χ0) is 11.6. The standard InChI is InChI=1S/C14H29NO/c1-2-3-4-5-6-7-11-15-13-9-8-10-14(16)12-13/h13-16H,2-12H2,1H3. The third kappa shape index (κ3) is 6.49. The highest BCUT2D eigenvalue weighted by Gasteiger charge is 2.18. The summed E-state index contributed by atoms with van der Waals surface area (Å²) in [5, 5.41) is 13.1. The zero-order valence-electron chi connectivity index (χ0n) is 10.9. The number of aliphatic hydroxyl groups excluding tert-OH is 1. The summed E-state index contributed by atoms with van der Waals surface area (Å²) in [6, 6.07) is 0.583. The Morgan fingerprint density at radius 1 is 1.06 bits per heavy atom. The molecule has 0 aromatic rings. The molecule has 0 amide bonds. The van der Waals surface area contributed by atoms with Gasteiger partial charge in [-0.15, -0.1) is 0 Å². The fraction of sp³-hybridized carbons (Fsp3) is 1.00. The molecule has 1 aliphatic rings. The number of rotatable bonds is 8. The van der Waals surface area contributed by atoms with E-state index in [0.29, 0.717) is 6.04 Å². The molecule has 1 rings (SSSR count). The molecular formula is C14H29NO. The molecule has 2 nitrogen and oxygen atoms in total. The highest BCUT2D eigenvalue weighted by molar-refractivity contribution is 4.77. The molecule has 96 valence electrons. The summed E-state index contributed by atoms with van der Waals surface area (Å²) in [4.78, 5) is 0. The quantitative estimate of drug-likeness (QED) is 0.624. The second kappa shape index (κ2) is 9.00. The van der Waals surface area contributed by atoms with Gasteiger partial charge in [0.1, 0.15) is 0 Å². The first-order chi connectivity index (χ1) is 7.83. The molecule has 0 radical (unpaired) electrons. The van der Waals surface area contributed by atoms with E-state index < -0.39 is 0 Å². The molecule has 16 heavy (non-hydrogen) atoms. The van der Waals surface area contributed by atoms with Gasteiger partial charge in [0.2, 0.25) is 0 Å². The largest absolute Gasteiger partial charge is 0.393 e. The van der Waals surface area contributed by atoms with Gasteiger partial charge >= 0.3 is 0 Å². The van der Waals surface area contributed by atoms with E-state index in [9.17, 15) is 5.11 Å². The summed E-state index contributed by atoms with van der Waals surface area (Å²) in [7, 11) is 0. The van der Waals surface area contributed by atoms with Crippen LogP contribution in [0.4, 0.5) is 0 Å². The Morgan fingerprint density at radius 3 is 2.56 bits per heavy atom. The van der Waals surface area contributed by atoms with E-state index in [1.807, 2.05) is 0 Å². The molecule has 0 saturated heterocycles. The van der Waals surface area contributed by atoms with Crippen molar-refractivity contribution in [2.45, 2.75) is 83.3 Å². The summed E-state index contributed by atoms with van der Waals surface area (Å²) in [5.41, 5.74) is 0. The summed E-state index contributed by atoms with van der Waals surface area (Å²) in [6.07, 6.45) is 12.6. The van der Waals surface area contributed by atoms with Gasteiger partial charge in [0, 0.05) is 6.04 Å². The molecule has 0 aliphatic heterocycles. The minimum atomic E-state index is -0.0456. The first-order valence-electron chi connectivity index (χ1n) is 7.24. The third-order valence-corrected chi connectivity index (χ3v) is 3.61. The Kier molecular flexibility index (Phi) is 7.87. The van der Waals surface area contributed by atoms with Crippen molar-refractivity contribution < 1.29 is 5.11 Å². The Labute approximate surface area is 101 Å². The van der Waals surface area contributed by atoms with Crippen LogP contribution < -0.4 is 5.32 Å². The van der Waals surface area contributed by atoms with Crippen LogP contribution in [0.15, 0.2) is 0 Å². The number of unbranched alkanes of at least 4 members (excludes halogenated alkanes) is 5. The predicted molar refractivity (Wildman–Crippen MR) is 69.6 cm³/mol. The Hall–Kier alpha value is -0.0800. The van der Waals surface area contributed by atoms with E-state index in [2.05, 4.69) is 12.2 Å². The van der Waals surface area contributed by atoms with Crippen LogP contribution in [-0.2, 0) is 0 Å². The maximum absolute atomic E-state index is 9.54. The summed E-state index contributed by atoms with van der Waals surface area (Å²) < 4.78 is 0. The fourth-order valence-corrected chi connectivity index (χ4v) is 2.56. The van der Waals surface area contributed by atoms with Crippen molar-refractivity contribution in [1.82, 2.24) is 5.32 Å². The van der Waals surface area contributed by atoms with Gasteiger partial charge in [-0.05, 0) is 38.6 Å². The summed E-state index contributed by atoms with van der Waals surface area (Å²) in [6.45, 7) is 3.40. The van der Waals surface area contributed by atoms with Gasteiger partial charge < -0.3 is 10.4 Å². The van der Waals surface area contributed by atoms with Gasteiger partial charge in [-0.3, -0.25) is 0 Å². The highest BCUT2D eigenvalue weighted by atomic mass is 16.3. The van der Waals surface area contributed by atoms with Gasteiger partial charge in [0.15, 0.2) is 0 Å². The van der Waals surface area contributed by atoms with Crippen LogP contribution in [0.2, 0.25) is 0 Å². The van der Waals surface area contributed by atoms with Gasteiger partial charge in [-0.2, -0.15) is 0 Å². The van der Waals surface area contributed by atoms with Crippen LogP contribution in [0.3, 0.4) is 0 Å². The van der Waals surface area contributed by atoms with Gasteiger partial charge in [0.05, 0.1) is 6.10 Å². The second-order valence-corrected chi connectivity index (χ2v) is 5.24. The SMILES string of the molecule is CCCCCCCCNC1CCCC(O)C1. The maximum Gasteiger partial charge on any atom is 0.0555 e. The molecular weight excluding hydrogens is 198 g/mol. The third-order valence-electron chi connectivity index (χ3n) is 3.61. The summed E-state index contributed by atoms with van der Waals surface area (Å²) in [5.74, 6) is 0. The lowest BCUT2D eigenvalue weighted by Gasteiger charge is -2.26. The normalized spacial score (nSPS) is 25.9. The summed E-state index contributed by atoms with van der Waals surface area (Å²) >= 11 is 0. The molecule has 2 N–H and O–H groups in total. The van der Waals surface area contributed by atoms with Gasteiger partial charge in [0.25, 0.3) is 0 Å².